The predicted molar refractivity (Wildman–Crippen MR) is 75.2 cm³/mol. The zero-order valence-corrected chi connectivity index (χ0v) is 11.9. The van der Waals surface area contributed by atoms with Gasteiger partial charge in [-0.25, -0.2) is 4.68 Å². The van der Waals surface area contributed by atoms with E-state index in [0.29, 0.717) is 21.7 Å². The first-order chi connectivity index (χ1) is 9.19. The van der Waals surface area contributed by atoms with Crippen LogP contribution in [0.4, 0.5) is 0 Å². The summed E-state index contributed by atoms with van der Waals surface area (Å²) in [5.74, 6) is 0.952. The van der Waals surface area contributed by atoms with Gasteiger partial charge in [0, 0.05) is 10.0 Å². The van der Waals surface area contributed by atoms with Crippen LogP contribution in [0, 0.1) is 11.3 Å². The van der Waals surface area contributed by atoms with Crippen molar-refractivity contribution in [3.63, 3.8) is 0 Å². The van der Waals surface area contributed by atoms with E-state index in [9.17, 15) is 0 Å². The first kappa shape index (κ1) is 12.1. The fraction of sp³-hybridized carbons (Fsp3) is 0. The molecular weight excluding hydrogens is 328 g/mol. The van der Waals surface area contributed by atoms with Gasteiger partial charge in [-0.3, -0.25) is 5.43 Å². The van der Waals surface area contributed by atoms with Crippen LogP contribution in [0.25, 0.3) is 11.4 Å². The van der Waals surface area contributed by atoms with Gasteiger partial charge in [0.2, 0.25) is 5.16 Å². The molecule has 0 saturated carbocycles. The number of allylic oxidation sites excluding steroid dienone is 1. The van der Waals surface area contributed by atoms with Gasteiger partial charge in [-0.2, -0.15) is 5.26 Å². The molecule has 6 nitrogen and oxygen atoms in total. The molecule has 0 radical (unpaired) electrons. The molecule has 0 fully saturated rings. The molecule has 1 aromatic carbocycles. The molecule has 0 saturated heterocycles. The second-order valence-electron chi connectivity index (χ2n) is 3.72. The molecule has 94 valence electrons. The van der Waals surface area contributed by atoms with Crippen LogP contribution >= 0.6 is 27.7 Å². The normalized spacial score (nSPS) is 13.7. The quantitative estimate of drug-likeness (QED) is 0.828. The second kappa shape index (κ2) is 4.60. The molecule has 0 unspecified atom stereocenters. The van der Waals surface area contributed by atoms with Crippen LogP contribution in [-0.2, 0) is 0 Å². The first-order valence-corrected chi connectivity index (χ1v) is 6.86. The Balaban J connectivity index is 2.04. The van der Waals surface area contributed by atoms with Crippen LogP contribution in [0.1, 0.15) is 0 Å². The van der Waals surface area contributed by atoms with Crippen LogP contribution in [-0.4, -0.2) is 14.9 Å². The summed E-state index contributed by atoms with van der Waals surface area (Å²) >= 11 is 4.58. The molecule has 0 bridgehead atoms. The van der Waals surface area contributed by atoms with E-state index in [1.165, 1.54) is 11.8 Å². The molecule has 1 aliphatic rings. The number of nitrogens with zero attached hydrogens (tertiary/aromatic N) is 4. The van der Waals surface area contributed by atoms with Gasteiger partial charge in [-0.1, -0.05) is 28.1 Å². The van der Waals surface area contributed by atoms with Crippen LogP contribution in [0.2, 0.25) is 0 Å². The monoisotopic (exact) mass is 334 g/mol. The number of aromatic nitrogens is 3. The van der Waals surface area contributed by atoms with Crippen molar-refractivity contribution in [2.45, 2.75) is 5.16 Å². The third-order valence-electron chi connectivity index (χ3n) is 2.51. The van der Waals surface area contributed by atoms with Crippen molar-refractivity contribution in [3.05, 3.63) is 39.5 Å². The molecule has 3 N–H and O–H groups in total. The molecule has 2 aromatic rings. The van der Waals surface area contributed by atoms with Gasteiger partial charge >= 0.3 is 0 Å². The van der Waals surface area contributed by atoms with E-state index in [-0.39, 0.29) is 0 Å². The zero-order chi connectivity index (χ0) is 13.4. The summed E-state index contributed by atoms with van der Waals surface area (Å²) in [6.07, 6.45) is 0. The van der Waals surface area contributed by atoms with E-state index >= 15 is 0 Å². The number of nitriles is 1. The molecule has 3 rings (SSSR count). The number of thioether (sulfide) groups is 1. The maximum atomic E-state index is 8.93. The van der Waals surface area contributed by atoms with E-state index in [0.717, 1.165) is 10.0 Å². The highest BCUT2D eigenvalue weighted by Gasteiger charge is 2.22. The highest BCUT2D eigenvalue weighted by Crippen LogP contribution is 2.32. The lowest BCUT2D eigenvalue weighted by Gasteiger charge is -2.17. The Bertz CT molecular complexity index is 712. The van der Waals surface area contributed by atoms with Crippen molar-refractivity contribution < 1.29 is 0 Å². The molecule has 0 atom stereocenters. The van der Waals surface area contributed by atoms with Crippen LogP contribution in [0.15, 0.2) is 44.6 Å². The minimum atomic E-state index is 0.304. The highest BCUT2D eigenvalue weighted by molar-refractivity contribution is 9.10. The lowest BCUT2D eigenvalue weighted by Crippen LogP contribution is -2.25. The van der Waals surface area contributed by atoms with Crippen LogP contribution in [0.5, 0.6) is 0 Å². The molecule has 8 heteroatoms. The number of nitrogens with one attached hydrogen (secondary N) is 1. The van der Waals surface area contributed by atoms with Gasteiger partial charge < -0.3 is 5.73 Å². The third kappa shape index (κ3) is 2.07. The summed E-state index contributed by atoms with van der Waals surface area (Å²) in [5, 5.41) is 17.7. The fourth-order valence-corrected chi connectivity index (χ4v) is 2.58. The molecule has 0 amide bonds. The van der Waals surface area contributed by atoms with E-state index in [2.05, 4.69) is 31.6 Å². The average molecular weight is 335 g/mol. The van der Waals surface area contributed by atoms with Crippen molar-refractivity contribution in [3.8, 4) is 17.5 Å². The van der Waals surface area contributed by atoms with E-state index in [1.807, 2.05) is 30.3 Å². The average Bonchev–Trinajstić information content (AvgIpc) is 2.81. The van der Waals surface area contributed by atoms with Gasteiger partial charge in [0.15, 0.2) is 5.82 Å². The number of halogens is 1. The Morgan fingerprint density at radius 3 is 2.74 bits per heavy atom. The summed E-state index contributed by atoms with van der Waals surface area (Å²) in [6.45, 7) is 0. The van der Waals surface area contributed by atoms with Crippen LogP contribution < -0.4 is 11.2 Å². The first-order valence-electron chi connectivity index (χ1n) is 5.25. The highest BCUT2D eigenvalue weighted by atomic mass is 79.9. The minimum absolute atomic E-state index is 0.304. The molecule has 1 aromatic heterocycles. The van der Waals surface area contributed by atoms with Gasteiger partial charge in [0.25, 0.3) is 0 Å². The standard InChI is InChI=1S/C11H7BrN6S/c12-7-3-1-6(2-4-7)10-15-16-11-18(10)17-9(14)8(5-13)19-11/h1-4,17H,14H2. The molecule has 1 aliphatic heterocycles. The van der Waals surface area contributed by atoms with Crippen molar-refractivity contribution in [2.24, 2.45) is 5.73 Å². The summed E-state index contributed by atoms with van der Waals surface area (Å²) in [7, 11) is 0. The summed E-state index contributed by atoms with van der Waals surface area (Å²) in [4.78, 5) is 0.391. The van der Waals surface area contributed by atoms with Crippen molar-refractivity contribution >= 4 is 27.7 Å². The number of hydrogen-bond acceptors (Lipinski definition) is 6. The Morgan fingerprint density at radius 1 is 1.32 bits per heavy atom. The number of rotatable bonds is 1. The molecule has 0 aliphatic carbocycles. The van der Waals surface area contributed by atoms with E-state index in [4.69, 9.17) is 11.0 Å². The maximum Gasteiger partial charge on any atom is 0.216 e. The fourth-order valence-electron chi connectivity index (χ4n) is 1.62. The number of hydrogen-bond donors (Lipinski definition) is 2. The summed E-state index contributed by atoms with van der Waals surface area (Å²) in [6, 6.07) is 9.71. The van der Waals surface area contributed by atoms with E-state index in [1.54, 1.807) is 4.68 Å². The molecule has 2 heterocycles. The third-order valence-corrected chi connectivity index (χ3v) is 4.00. The molecule has 0 spiro atoms. The smallest absolute Gasteiger partial charge is 0.216 e. The Morgan fingerprint density at radius 2 is 2.05 bits per heavy atom. The van der Waals surface area contributed by atoms with Gasteiger partial charge in [0.05, 0.1) is 0 Å². The van der Waals surface area contributed by atoms with Gasteiger partial charge in [-0.05, 0) is 23.9 Å². The van der Waals surface area contributed by atoms with Crippen molar-refractivity contribution in [1.29, 1.82) is 5.26 Å². The molecule has 19 heavy (non-hydrogen) atoms. The number of nitrogens with two attached hydrogens (primary N) is 1. The SMILES string of the molecule is N#CC1=C(N)Nn2c(nnc2-c2ccc(Br)cc2)S1. The Hall–Kier alpha value is -1.98. The maximum absolute atomic E-state index is 8.93. The lowest BCUT2D eigenvalue weighted by atomic mass is 10.2. The topological polar surface area (TPSA) is 92.6 Å². The van der Waals surface area contributed by atoms with Crippen molar-refractivity contribution in [1.82, 2.24) is 14.9 Å². The van der Waals surface area contributed by atoms with E-state index < -0.39 is 0 Å². The predicted octanol–water partition coefficient (Wildman–Crippen LogP) is 2.01. The summed E-state index contributed by atoms with van der Waals surface area (Å²) < 4.78 is 2.66. The number of fused-ring (bicyclic) bond motifs is 1. The van der Waals surface area contributed by atoms with Gasteiger partial charge in [-0.15, -0.1) is 10.2 Å². The summed E-state index contributed by atoms with van der Waals surface area (Å²) in [5.41, 5.74) is 9.60. The molecular formula is C11H7BrN6S. The zero-order valence-electron chi connectivity index (χ0n) is 9.46. The largest absolute Gasteiger partial charge is 0.383 e. The van der Waals surface area contributed by atoms with Crippen LogP contribution in [0.3, 0.4) is 0 Å². The number of benzene rings is 1. The lowest BCUT2D eigenvalue weighted by molar-refractivity contribution is 0.792. The Labute approximate surface area is 121 Å². The van der Waals surface area contributed by atoms with Gasteiger partial charge in [0.1, 0.15) is 16.8 Å². The van der Waals surface area contributed by atoms with Crippen molar-refractivity contribution in [2.75, 3.05) is 5.43 Å². The Kier molecular flexibility index (Phi) is 2.93. The second-order valence-corrected chi connectivity index (χ2v) is 5.61. The minimum Gasteiger partial charge on any atom is -0.383 e.